The predicted octanol–water partition coefficient (Wildman–Crippen LogP) is 2.13. The van der Waals surface area contributed by atoms with Crippen LogP contribution in [0, 0.1) is 0 Å². The fourth-order valence-electron chi connectivity index (χ4n) is 1.58. The van der Waals surface area contributed by atoms with Crippen molar-refractivity contribution < 1.29 is 14.4 Å². The Morgan fingerprint density at radius 3 is 3.00 bits per heavy atom. The molecule has 0 aliphatic carbocycles. The van der Waals surface area contributed by atoms with Gasteiger partial charge in [0.15, 0.2) is 0 Å². The van der Waals surface area contributed by atoms with E-state index < -0.39 is 0 Å². The highest BCUT2D eigenvalue weighted by atomic mass is 35.5. The van der Waals surface area contributed by atoms with Gasteiger partial charge in [0.25, 0.3) is 5.91 Å². The minimum absolute atomic E-state index is 0.189. The second kappa shape index (κ2) is 4.72. The Bertz CT molecular complexity index is 402. The number of benzene rings is 1. The Labute approximate surface area is 98.7 Å². The van der Waals surface area contributed by atoms with Gasteiger partial charge in [0.2, 0.25) is 0 Å². The van der Waals surface area contributed by atoms with Crippen LogP contribution in [-0.4, -0.2) is 31.2 Å². The first kappa shape index (κ1) is 11.2. The molecule has 86 valence electrons. The van der Waals surface area contributed by atoms with E-state index in [4.69, 9.17) is 21.2 Å². The van der Waals surface area contributed by atoms with Gasteiger partial charge < -0.3 is 4.74 Å². The topological polar surface area (TPSA) is 38.8 Å². The van der Waals surface area contributed by atoms with Gasteiger partial charge in [0, 0.05) is 5.02 Å². The van der Waals surface area contributed by atoms with Gasteiger partial charge in [0.1, 0.15) is 5.75 Å². The molecule has 0 aromatic heterocycles. The molecule has 0 bridgehead atoms. The molecule has 1 fully saturated rings. The van der Waals surface area contributed by atoms with Crippen LogP contribution in [0.2, 0.25) is 5.02 Å². The lowest BCUT2D eigenvalue weighted by Gasteiger charge is -2.15. The summed E-state index contributed by atoms with van der Waals surface area (Å²) in [6.07, 6.45) is 0.863. The van der Waals surface area contributed by atoms with Crippen LogP contribution in [-0.2, 0) is 4.84 Å². The third kappa shape index (κ3) is 2.13. The number of nitrogens with zero attached hydrogens (tertiary/aromatic N) is 1. The second-order valence-electron chi connectivity index (χ2n) is 3.44. The summed E-state index contributed by atoms with van der Waals surface area (Å²) in [5, 5.41) is 1.89. The molecule has 16 heavy (non-hydrogen) atoms. The zero-order chi connectivity index (χ0) is 11.5. The van der Waals surface area contributed by atoms with Crippen molar-refractivity contribution in [2.24, 2.45) is 0 Å². The minimum Gasteiger partial charge on any atom is -0.496 e. The number of hydrogen-bond acceptors (Lipinski definition) is 3. The average molecular weight is 242 g/mol. The van der Waals surface area contributed by atoms with E-state index in [-0.39, 0.29) is 5.91 Å². The monoisotopic (exact) mass is 241 g/mol. The Morgan fingerprint density at radius 1 is 1.56 bits per heavy atom. The van der Waals surface area contributed by atoms with Gasteiger partial charge in [-0.2, -0.15) is 0 Å². The first-order valence-electron chi connectivity index (χ1n) is 5.00. The SMILES string of the molecule is COc1cc(Cl)ccc1C(=O)N1CCCO1. The van der Waals surface area contributed by atoms with Crippen LogP contribution in [0.25, 0.3) is 0 Å². The molecule has 2 rings (SSSR count). The van der Waals surface area contributed by atoms with Crippen LogP contribution in [0.15, 0.2) is 18.2 Å². The van der Waals surface area contributed by atoms with Crippen molar-refractivity contribution in [3.8, 4) is 5.75 Å². The van der Waals surface area contributed by atoms with Gasteiger partial charge in [0.05, 0.1) is 25.8 Å². The van der Waals surface area contributed by atoms with Gasteiger partial charge in [-0.25, -0.2) is 5.06 Å². The van der Waals surface area contributed by atoms with Gasteiger partial charge >= 0.3 is 0 Å². The highest BCUT2D eigenvalue weighted by Crippen LogP contribution is 2.25. The van der Waals surface area contributed by atoms with Crippen molar-refractivity contribution in [2.75, 3.05) is 20.3 Å². The van der Waals surface area contributed by atoms with Crippen molar-refractivity contribution in [3.05, 3.63) is 28.8 Å². The fourth-order valence-corrected chi connectivity index (χ4v) is 1.75. The third-order valence-corrected chi connectivity index (χ3v) is 2.61. The summed E-state index contributed by atoms with van der Waals surface area (Å²) < 4.78 is 5.12. The Kier molecular flexibility index (Phi) is 3.31. The smallest absolute Gasteiger partial charge is 0.281 e. The van der Waals surface area contributed by atoms with E-state index >= 15 is 0 Å². The molecule has 1 aromatic carbocycles. The van der Waals surface area contributed by atoms with E-state index in [2.05, 4.69) is 0 Å². The van der Waals surface area contributed by atoms with E-state index in [1.165, 1.54) is 12.2 Å². The standard InChI is InChI=1S/C11H12ClNO3/c1-15-10-7-8(12)3-4-9(10)11(14)13-5-2-6-16-13/h3-4,7H,2,5-6H2,1H3. The van der Waals surface area contributed by atoms with E-state index in [0.717, 1.165) is 6.42 Å². The summed E-state index contributed by atoms with van der Waals surface area (Å²) >= 11 is 5.82. The molecule has 1 amide bonds. The molecule has 0 saturated carbocycles. The maximum atomic E-state index is 12.0. The van der Waals surface area contributed by atoms with Crippen molar-refractivity contribution >= 4 is 17.5 Å². The number of carbonyl (C=O) groups is 1. The zero-order valence-electron chi connectivity index (χ0n) is 8.90. The lowest BCUT2D eigenvalue weighted by atomic mass is 10.2. The summed E-state index contributed by atoms with van der Waals surface area (Å²) in [7, 11) is 1.51. The Morgan fingerprint density at radius 2 is 2.38 bits per heavy atom. The molecule has 0 radical (unpaired) electrons. The lowest BCUT2D eigenvalue weighted by Crippen LogP contribution is -2.26. The fraction of sp³-hybridized carbons (Fsp3) is 0.364. The summed E-state index contributed by atoms with van der Waals surface area (Å²) in [6.45, 7) is 1.20. The molecule has 0 spiro atoms. The number of hydrogen-bond donors (Lipinski definition) is 0. The summed E-state index contributed by atoms with van der Waals surface area (Å²) in [6, 6.07) is 4.92. The van der Waals surface area contributed by atoms with Crippen molar-refractivity contribution in [2.45, 2.75) is 6.42 Å². The second-order valence-corrected chi connectivity index (χ2v) is 3.88. The molecule has 0 N–H and O–H groups in total. The number of amides is 1. The number of halogens is 1. The first-order valence-corrected chi connectivity index (χ1v) is 5.38. The highest BCUT2D eigenvalue weighted by Gasteiger charge is 2.23. The van der Waals surface area contributed by atoms with Gasteiger partial charge in [-0.15, -0.1) is 0 Å². The van der Waals surface area contributed by atoms with E-state index in [9.17, 15) is 4.79 Å². The number of ether oxygens (including phenoxy) is 1. The van der Waals surface area contributed by atoms with Crippen LogP contribution in [0.3, 0.4) is 0 Å². The minimum atomic E-state index is -0.189. The average Bonchev–Trinajstić information content (AvgIpc) is 2.81. The Hall–Kier alpha value is -1.26. The normalized spacial score (nSPS) is 15.2. The number of hydroxylamine groups is 2. The molecule has 4 nitrogen and oxygen atoms in total. The van der Waals surface area contributed by atoms with E-state index in [1.807, 2.05) is 0 Å². The molecular weight excluding hydrogens is 230 g/mol. The molecule has 1 saturated heterocycles. The summed E-state index contributed by atoms with van der Waals surface area (Å²) in [5.41, 5.74) is 0.466. The van der Waals surface area contributed by atoms with Crippen molar-refractivity contribution in [3.63, 3.8) is 0 Å². The maximum absolute atomic E-state index is 12.0. The number of carbonyl (C=O) groups excluding carboxylic acids is 1. The van der Waals surface area contributed by atoms with Crippen molar-refractivity contribution in [1.29, 1.82) is 0 Å². The maximum Gasteiger partial charge on any atom is 0.281 e. The largest absolute Gasteiger partial charge is 0.496 e. The van der Waals surface area contributed by atoms with Crippen LogP contribution >= 0.6 is 11.6 Å². The van der Waals surface area contributed by atoms with Gasteiger partial charge in [-0.1, -0.05) is 11.6 Å². The highest BCUT2D eigenvalue weighted by molar-refractivity contribution is 6.30. The lowest BCUT2D eigenvalue weighted by molar-refractivity contribution is -0.0769. The Balaban J connectivity index is 2.28. The zero-order valence-corrected chi connectivity index (χ0v) is 9.66. The van der Waals surface area contributed by atoms with E-state index in [1.54, 1.807) is 18.2 Å². The molecule has 0 atom stereocenters. The van der Waals surface area contributed by atoms with Crippen LogP contribution < -0.4 is 4.74 Å². The predicted molar refractivity (Wildman–Crippen MR) is 59.6 cm³/mol. The molecule has 0 unspecified atom stereocenters. The molecule has 1 aromatic rings. The molecule has 1 heterocycles. The number of rotatable bonds is 2. The third-order valence-electron chi connectivity index (χ3n) is 2.37. The van der Waals surface area contributed by atoms with Gasteiger partial charge in [-0.3, -0.25) is 9.63 Å². The summed E-state index contributed by atoms with van der Waals surface area (Å²) in [4.78, 5) is 17.2. The summed E-state index contributed by atoms with van der Waals surface area (Å²) in [5.74, 6) is 0.277. The molecule has 5 heteroatoms. The molecule has 1 aliphatic rings. The van der Waals surface area contributed by atoms with Gasteiger partial charge in [-0.05, 0) is 24.6 Å². The van der Waals surface area contributed by atoms with E-state index in [0.29, 0.717) is 29.5 Å². The molecule has 1 aliphatic heterocycles. The van der Waals surface area contributed by atoms with Crippen LogP contribution in [0.1, 0.15) is 16.8 Å². The first-order chi connectivity index (χ1) is 7.72. The number of methoxy groups -OCH3 is 1. The molecular formula is C11H12ClNO3. The quantitative estimate of drug-likeness (QED) is 0.796. The van der Waals surface area contributed by atoms with Crippen LogP contribution in [0.4, 0.5) is 0 Å². The van der Waals surface area contributed by atoms with Crippen LogP contribution in [0.5, 0.6) is 5.75 Å². The van der Waals surface area contributed by atoms with Crippen molar-refractivity contribution in [1.82, 2.24) is 5.06 Å².